The summed E-state index contributed by atoms with van der Waals surface area (Å²) in [5.74, 6) is 0. The van der Waals surface area contributed by atoms with Gasteiger partial charge >= 0.3 is 0 Å². The van der Waals surface area contributed by atoms with E-state index in [0.717, 1.165) is 38.4 Å². The fraction of sp³-hybridized carbons (Fsp3) is 0.381. The molecule has 2 heterocycles. The number of nitrogens with zero attached hydrogens (tertiary/aromatic N) is 2. The second-order valence-corrected chi connectivity index (χ2v) is 6.66. The van der Waals surface area contributed by atoms with Crippen LogP contribution in [0, 0.1) is 0 Å². The van der Waals surface area contributed by atoms with Crippen LogP contribution in [-0.2, 0) is 17.8 Å². The standard InChI is InChI=1S/C21H27N3O/c1-17(2)25-13-7-12-24(16-19-8-5-6-11-22-19)15-18-14-23-21-10-4-3-9-20(18)21/h3-6,8-11,14,17,23H,7,12-13,15-16H2,1-2H3. The van der Waals surface area contributed by atoms with Gasteiger partial charge in [0.05, 0.1) is 11.8 Å². The van der Waals surface area contributed by atoms with Gasteiger partial charge in [0.15, 0.2) is 0 Å². The maximum absolute atomic E-state index is 5.70. The molecule has 1 aromatic carbocycles. The lowest BCUT2D eigenvalue weighted by atomic mass is 10.1. The molecule has 0 saturated carbocycles. The van der Waals surface area contributed by atoms with E-state index in [4.69, 9.17) is 4.74 Å². The highest BCUT2D eigenvalue weighted by atomic mass is 16.5. The van der Waals surface area contributed by atoms with Crippen LogP contribution in [0.5, 0.6) is 0 Å². The number of benzene rings is 1. The number of aromatic nitrogens is 2. The Morgan fingerprint density at radius 1 is 1.08 bits per heavy atom. The largest absolute Gasteiger partial charge is 0.379 e. The lowest BCUT2D eigenvalue weighted by molar-refractivity contribution is 0.0692. The van der Waals surface area contributed by atoms with Crippen LogP contribution in [0.3, 0.4) is 0 Å². The fourth-order valence-corrected chi connectivity index (χ4v) is 3.05. The zero-order valence-electron chi connectivity index (χ0n) is 15.1. The number of nitrogens with one attached hydrogen (secondary N) is 1. The third-order valence-electron chi connectivity index (χ3n) is 4.25. The van der Waals surface area contributed by atoms with Crippen molar-refractivity contribution < 1.29 is 4.74 Å². The molecule has 3 rings (SSSR count). The number of para-hydroxylation sites is 1. The van der Waals surface area contributed by atoms with Crippen LogP contribution in [0.15, 0.2) is 54.9 Å². The highest BCUT2D eigenvalue weighted by molar-refractivity contribution is 5.82. The lowest BCUT2D eigenvalue weighted by Crippen LogP contribution is -2.25. The first-order valence-corrected chi connectivity index (χ1v) is 9.01. The van der Waals surface area contributed by atoms with Gasteiger partial charge in [-0.1, -0.05) is 24.3 Å². The Morgan fingerprint density at radius 3 is 2.72 bits per heavy atom. The summed E-state index contributed by atoms with van der Waals surface area (Å²) in [7, 11) is 0. The highest BCUT2D eigenvalue weighted by Gasteiger charge is 2.11. The third kappa shape index (κ3) is 5.15. The molecule has 1 N–H and O–H groups in total. The minimum atomic E-state index is 0.290. The molecule has 4 nitrogen and oxygen atoms in total. The van der Waals surface area contributed by atoms with Crippen LogP contribution in [0.2, 0.25) is 0 Å². The van der Waals surface area contributed by atoms with Crippen LogP contribution < -0.4 is 0 Å². The van der Waals surface area contributed by atoms with E-state index >= 15 is 0 Å². The van der Waals surface area contributed by atoms with Crippen LogP contribution in [0.4, 0.5) is 0 Å². The number of aromatic amines is 1. The van der Waals surface area contributed by atoms with Crippen LogP contribution in [0.25, 0.3) is 10.9 Å². The average molecular weight is 337 g/mol. The molecule has 3 aromatic rings. The van der Waals surface area contributed by atoms with Crippen molar-refractivity contribution in [2.24, 2.45) is 0 Å². The SMILES string of the molecule is CC(C)OCCCN(Cc1ccccn1)Cc1c[nH]c2ccccc12. The van der Waals surface area contributed by atoms with E-state index in [9.17, 15) is 0 Å². The summed E-state index contributed by atoms with van der Waals surface area (Å²) in [5.41, 5.74) is 3.63. The second kappa shape index (κ2) is 8.79. The molecule has 2 aromatic heterocycles. The van der Waals surface area contributed by atoms with Gasteiger partial charge in [-0.3, -0.25) is 9.88 Å². The summed E-state index contributed by atoms with van der Waals surface area (Å²) in [6.45, 7) is 7.70. The molecule has 0 fully saturated rings. The van der Waals surface area contributed by atoms with Crippen molar-refractivity contribution in [2.45, 2.75) is 39.5 Å². The van der Waals surface area contributed by atoms with Crippen molar-refractivity contribution in [3.8, 4) is 0 Å². The smallest absolute Gasteiger partial charge is 0.0544 e. The summed E-state index contributed by atoms with van der Waals surface area (Å²) in [6, 6.07) is 14.6. The molecule has 0 bridgehead atoms. The van der Waals surface area contributed by atoms with Gasteiger partial charge in [-0.15, -0.1) is 0 Å². The van der Waals surface area contributed by atoms with Crippen molar-refractivity contribution in [1.82, 2.24) is 14.9 Å². The van der Waals surface area contributed by atoms with E-state index in [1.54, 1.807) is 0 Å². The number of hydrogen-bond acceptors (Lipinski definition) is 3. The first-order valence-electron chi connectivity index (χ1n) is 9.01. The van der Waals surface area contributed by atoms with Gasteiger partial charge in [0, 0.05) is 49.5 Å². The summed E-state index contributed by atoms with van der Waals surface area (Å²) in [5, 5.41) is 1.30. The molecular formula is C21H27N3O. The molecule has 0 aliphatic heterocycles. The molecule has 0 radical (unpaired) electrons. The minimum absolute atomic E-state index is 0.290. The van der Waals surface area contributed by atoms with Gasteiger partial charge in [0.2, 0.25) is 0 Å². The number of rotatable bonds is 9. The summed E-state index contributed by atoms with van der Waals surface area (Å²) in [4.78, 5) is 10.3. The van der Waals surface area contributed by atoms with Crippen molar-refractivity contribution >= 4 is 10.9 Å². The van der Waals surface area contributed by atoms with Gasteiger partial charge < -0.3 is 9.72 Å². The van der Waals surface area contributed by atoms with E-state index in [1.165, 1.54) is 16.5 Å². The quantitative estimate of drug-likeness (QED) is 0.589. The van der Waals surface area contributed by atoms with E-state index < -0.39 is 0 Å². The monoisotopic (exact) mass is 337 g/mol. The van der Waals surface area contributed by atoms with Crippen molar-refractivity contribution in [2.75, 3.05) is 13.2 Å². The average Bonchev–Trinajstić information content (AvgIpc) is 3.02. The Hall–Kier alpha value is -2.17. The molecule has 0 saturated heterocycles. The van der Waals surface area contributed by atoms with Crippen LogP contribution in [-0.4, -0.2) is 34.1 Å². The maximum atomic E-state index is 5.70. The Bertz CT molecular complexity index is 767. The normalized spacial score (nSPS) is 11.7. The van der Waals surface area contributed by atoms with E-state index in [-0.39, 0.29) is 6.10 Å². The Kier molecular flexibility index (Phi) is 6.20. The predicted molar refractivity (Wildman–Crippen MR) is 102 cm³/mol. The molecule has 4 heteroatoms. The van der Waals surface area contributed by atoms with Crippen LogP contribution in [0.1, 0.15) is 31.5 Å². The number of fused-ring (bicyclic) bond motifs is 1. The number of ether oxygens (including phenoxy) is 1. The molecule has 0 atom stereocenters. The van der Waals surface area contributed by atoms with Crippen molar-refractivity contribution in [3.05, 3.63) is 66.1 Å². The first kappa shape index (κ1) is 17.6. The molecule has 25 heavy (non-hydrogen) atoms. The number of hydrogen-bond donors (Lipinski definition) is 1. The molecule has 0 aliphatic rings. The Balaban J connectivity index is 1.68. The van der Waals surface area contributed by atoms with Gasteiger partial charge in [-0.05, 0) is 44.0 Å². The Labute approximate surface area is 149 Å². The zero-order chi connectivity index (χ0) is 17.5. The molecule has 0 amide bonds. The third-order valence-corrected chi connectivity index (χ3v) is 4.25. The van der Waals surface area contributed by atoms with E-state index in [1.807, 2.05) is 18.3 Å². The molecule has 0 aliphatic carbocycles. The fourth-order valence-electron chi connectivity index (χ4n) is 3.05. The van der Waals surface area contributed by atoms with Gasteiger partial charge in [-0.25, -0.2) is 0 Å². The van der Waals surface area contributed by atoms with Crippen molar-refractivity contribution in [3.63, 3.8) is 0 Å². The minimum Gasteiger partial charge on any atom is -0.379 e. The lowest BCUT2D eigenvalue weighted by Gasteiger charge is -2.22. The topological polar surface area (TPSA) is 41.1 Å². The van der Waals surface area contributed by atoms with E-state index in [2.05, 4.69) is 65.2 Å². The summed E-state index contributed by atoms with van der Waals surface area (Å²) < 4.78 is 5.70. The number of H-pyrrole nitrogens is 1. The zero-order valence-corrected chi connectivity index (χ0v) is 15.1. The van der Waals surface area contributed by atoms with E-state index in [0.29, 0.717) is 0 Å². The Morgan fingerprint density at radius 2 is 1.92 bits per heavy atom. The highest BCUT2D eigenvalue weighted by Crippen LogP contribution is 2.20. The van der Waals surface area contributed by atoms with Gasteiger partial charge in [0.25, 0.3) is 0 Å². The molecule has 0 spiro atoms. The summed E-state index contributed by atoms with van der Waals surface area (Å²) in [6.07, 6.45) is 5.30. The molecular weight excluding hydrogens is 310 g/mol. The molecule has 0 unspecified atom stereocenters. The van der Waals surface area contributed by atoms with Gasteiger partial charge in [0.1, 0.15) is 0 Å². The maximum Gasteiger partial charge on any atom is 0.0544 e. The summed E-state index contributed by atoms with van der Waals surface area (Å²) >= 11 is 0. The second-order valence-electron chi connectivity index (χ2n) is 6.66. The first-order chi connectivity index (χ1) is 12.2. The van der Waals surface area contributed by atoms with Crippen LogP contribution >= 0.6 is 0 Å². The van der Waals surface area contributed by atoms with Crippen molar-refractivity contribution in [1.29, 1.82) is 0 Å². The predicted octanol–water partition coefficient (Wildman–Crippen LogP) is 4.38. The number of pyridine rings is 1. The van der Waals surface area contributed by atoms with Gasteiger partial charge in [-0.2, -0.15) is 0 Å². The molecule has 132 valence electrons.